The molecule has 0 N–H and O–H groups in total. The number of hydrogen-bond donors (Lipinski definition) is 0. The molecule has 0 saturated carbocycles. The molecule has 2 aliphatic rings. The minimum atomic E-state index is -2.83. The predicted octanol–water partition coefficient (Wildman–Crippen LogP) is 0.559. The normalized spacial score (nSPS) is 32.2. The Balaban J connectivity index is 2.00. The predicted molar refractivity (Wildman–Crippen MR) is 60.7 cm³/mol. The van der Waals surface area contributed by atoms with Crippen molar-refractivity contribution in [2.45, 2.75) is 30.1 Å². The molecule has 0 aliphatic carbocycles. The van der Waals surface area contributed by atoms with Crippen molar-refractivity contribution in [2.24, 2.45) is 0 Å². The highest BCUT2D eigenvalue weighted by atomic mass is 79.9. The van der Waals surface area contributed by atoms with Gasteiger partial charge in [-0.2, -0.15) is 0 Å². The summed E-state index contributed by atoms with van der Waals surface area (Å²) in [7, 11) is -2.83. The van der Waals surface area contributed by atoms with Crippen molar-refractivity contribution in [3.63, 3.8) is 0 Å². The second-order valence-electron chi connectivity index (χ2n) is 4.17. The molecule has 6 heteroatoms. The van der Waals surface area contributed by atoms with E-state index in [1.807, 2.05) is 4.90 Å². The van der Waals surface area contributed by atoms with Crippen LogP contribution in [0.5, 0.6) is 0 Å². The van der Waals surface area contributed by atoms with Gasteiger partial charge in [-0.15, -0.1) is 0 Å². The Bertz CT molecular complexity index is 354. The monoisotopic (exact) mass is 295 g/mol. The number of hydrogen-bond acceptors (Lipinski definition) is 3. The van der Waals surface area contributed by atoms with E-state index in [2.05, 4.69) is 15.9 Å². The van der Waals surface area contributed by atoms with Crippen LogP contribution in [0.25, 0.3) is 0 Å². The van der Waals surface area contributed by atoms with Crippen LogP contribution in [0.15, 0.2) is 0 Å². The summed E-state index contributed by atoms with van der Waals surface area (Å²) in [5, 5.41) is 0. The summed E-state index contributed by atoms with van der Waals surface area (Å²) in [6.45, 7) is 0.763. The van der Waals surface area contributed by atoms with Crippen LogP contribution in [0, 0.1) is 0 Å². The van der Waals surface area contributed by atoms with Crippen molar-refractivity contribution in [2.75, 3.05) is 18.1 Å². The molecular weight excluding hydrogens is 282 g/mol. The van der Waals surface area contributed by atoms with Gasteiger partial charge in [0.15, 0.2) is 0 Å². The molecule has 15 heavy (non-hydrogen) atoms. The second-order valence-corrected chi connectivity index (χ2v) is 7.58. The maximum atomic E-state index is 11.7. The van der Waals surface area contributed by atoms with Gasteiger partial charge in [0.25, 0.3) is 0 Å². The second kappa shape index (κ2) is 4.05. The lowest BCUT2D eigenvalue weighted by atomic mass is 10.1. The van der Waals surface area contributed by atoms with E-state index in [-0.39, 0.29) is 28.3 Å². The summed E-state index contributed by atoms with van der Waals surface area (Å²) in [5.74, 6) is 0.585. The van der Waals surface area contributed by atoms with Crippen LogP contribution in [0.2, 0.25) is 0 Å². The van der Waals surface area contributed by atoms with Gasteiger partial charge in [-0.1, -0.05) is 15.9 Å². The molecule has 1 amide bonds. The van der Waals surface area contributed by atoms with Crippen molar-refractivity contribution in [1.82, 2.24) is 4.90 Å². The Morgan fingerprint density at radius 1 is 1.20 bits per heavy atom. The number of alkyl halides is 1. The van der Waals surface area contributed by atoms with Crippen LogP contribution >= 0.6 is 15.9 Å². The molecule has 2 rings (SSSR count). The smallest absolute Gasteiger partial charge is 0.236 e. The summed E-state index contributed by atoms with van der Waals surface area (Å²) in [6.07, 6.45) is 2.05. The van der Waals surface area contributed by atoms with Gasteiger partial charge in [0.05, 0.1) is 16.3 Å². The summed E-state index contributed by atoms with van der Waals surface area (Å²) in [5.41, 5.74) is 0. The molecule has 0 radical (unpaired) electrons. The summed E-state index contributed by atoms with van der Waals surface area (Å²) >= 11 is 3.32. The number of likely N-dealkylation sites (tertiary alicyclic amines) is 1. The first-order valence-corrected chi connectivity index (χ1v) is 7.88. The van der Waals surface area contributed by atoms with Gasteiger partial charge < -0.3 is 4.90 Å². The van der Waals surface area contributed by atoms with Gasteiger partial charge in [0, 0.05) is 12.6 Å². The van der Waals surface area contributed by atoms with Gasteiger partial charge in [-0.25, -0.2) is 8.42 Å². The molecule has 2 saturated heterocycles. The first-order chi connectivity index (χ1) is 6.99. The number of sulfone groups is 1. The summed E-state index contributed by atoms with van der Waals surface area (Å²) < 4.78 is 22.5. The van der Waals surface area contributed by atoms with E-state index >= 15 is 0 Å². The molecule has 1 unspecified atom stereocenters. The number of amides is 1. The zero-order valence-corrected chi connectivity index (χ0v) is 10.8. The Hall–Kier alpha value is -0.100. The van der Waals surface area contributed by atoms with Crippen LogP contribution in [0.4, 0.5) is 0 Å². The van der Waals surface area contributed by atoms with E-state index in [0.29, 0.717) is 12.8 Å². The van der Waals surface area contributed by atoms with Crippen molar-refractivity contribution in [3.8, 4) is 0 Å². The van der Waals surface area contributed by atoms with E-state index in [0.717, 1.165) is 13.0 Å². The van der Waals surface area contributed by atoms with Gasteiger partial charge in [-0.05, 0) is 19.3 Å². The Morgan fingerprint density at radius 3 is 2.27 bits per heavy atom. The zero-order valence-electron chi connectivity index (χ0n) is 8.36. The van der Waals surface area contributed by atoms with E-state index < -0.39 is 9.84 Å². The van der Waals surface area contributed by atoms with E-state index in [1.54, 1.807) is 0 Å². The molecule has 2 fully saturated rings. The lowest BCUT2D eigenvalue weighted by Gasteiger charge is -2.30. The lowest BCUT2D eigenvalue weighted by molar-refractivity contribution is -0.129. The molecule has 0 aromatic heterocycles. The average molecular weight is 296 g/mol. The van der Waals surface area contributed by atoms with Crippen molar-refractivity contribution in [1.29, 1.82) is 0 Å². The molecule has 0 aromatic carbocycles. The molecule has 0 aromatic rings. The van der Waals surface area contributed by atoms with Crippen molar-refractivity contribution in [3.05, 3.63) is 0 Å². The van der Waals surface area contributed by atoms with Gasteiger partial charge in [-0.3, -0.25) is 4.79 Å². The highest BCUT2D eigenvalue weighted by molar-refractivity contribution is 9.10. The van der Waals surface area contributed by atoms with Crippen LogP contribution in [-0.2, 0) is 14.6 Å². The molecule has 4 nitrogen and oxygen atoms in total. The number of carbonyl (C=O) groups excluding carboxylic acids is 1. The first-order valence-electron chi connectivity index (χ1n) is 5.14. The number of nitrogens with zero attached hydrogens (tertiary/aromatic N) is 1. The van der Waals surface area contributed by atoms with Gasteiger partial charge >= 0.3 is 0 Å². The van der Waals surface area contributed by atoms with Crippen LogP contribution in [-0.4, -0.2) is 48.1 Å². The molecule has 0 bridgehead atoms. The van der Waals surface area contributed by atoms with E-state index in [9.17, 15) is 13.2 Å². The lowest BCUT2D eigenvalue weighted by Crippen LogP contribution is -2.42. The fourth-order valence-corrected chi connectivity index (χ4v) is 4.15. The molecule has 1 atom stereocenters. The van der Waals surface area contributed by atoms with Crippen LogP contribution < -0.4 is 0 Å². The Labute approximate surface area is 98.1 Å². The number of carbonyl (C=O) groups is 1. The first kappa shape index (κ1) is 11.4. The van der Waals surface area contributed by atoms with E-state index in [1.165, 1.54) is 0 Å². The highest BCUT2D eigenvalue weighted by Crippen LogP contribution is 2.26. The third kappa shape index (κ3) is 2.36. The third-order valence-electron chi connectivity index (χ3n) is 3.14. The average Bonchev–Trinajstić information content (AvgIpc) is 2.49. The Morgan fingerprint density at radius 2 is 1.80 bits per heavy atom. The van der Waals surface area contributed by atoms with Gasteiger partial charge in [0.1, 0.15) is 9.84 Å². The Kier molecular flexibility index (Phi) is 3.07. The standard InChI is InChI=1S/C9H14BrNO3S/c10-8-1-4-11(9(8)12)7-2-5-15(13,14)6-3-7/h7-8H,1-6H2. The largest absolute Gasteiger partial charge is 0.339 e. The summed E-state index contributed by atoms with van der Waals surface area (Å²) in [4.78, 5) is 13.5. The van der Waals surface area contributed by atoms with E-state index in [4.69, 9.17) is 0 Å². The van der Waals surface area contributed by atoms with Crippen molar-refractivity contribution < 1.29 is 13.2 Å². The fourth-order valence-electron chi connectivity index (χ4n) is 2.22. The topological polar surface area (TPSA) is 54.5 Å². The van der Waals surface area contributed by atoms with Gasteiger partial charge in [0.2, 0.25) is 5.91 Å². The minimum Gasteiger partial charge on any atom is -0.339 e. The van der Waals surface area contributed by atoms with Crippen molar-refractivity contribution >= 4 is 31.7 Å². The number of rotatable bonds is 1. The minimum absolute atomic E-state index is 0.0592. The molecule has 2 aliphatic heterocycles. The highest BCUT2D eigenvalue weighted by Gasteiger charge is 2.36. The van der Waals surface area contributed by atoms with Crippen LogP contribution in [0.1, 0.15) is 19.3 Å². The maximum absolute atomic E-state index is 11.7. The maximum Gasteiger partial charge on any atom is 0.236 e. The molecular formula is C9H14BrNO3S. The quantitative estimate of drug-likeness (QED) is 0.664. The SMILES string of the molecule is O=C1C(Br)CCN1C1CCS(=O)(=O)CC1. The molecule has 86 valence electrons. The van der Waals surface area contributed by atoms with Crippen LogP contribution in [0.3, 0.4) is 0 Å². The fraction of sp³-hybridized carbons (Fsp3) is 0.889. The molecule has 2 heterocycles. The summed E-state index contributed by atoms with van der Waals surface area (Å²) in [6, 6.07) is 0.142. The number of halogens is 1. The zero-order chi connectivity index (χ0) is 11.1. The third-order valence-corrected chi connectivity index (χ3v) is 5.70. The molecule has 0 spiro atoms.